The van der Waals surface area contributed by atoms with Crippen molar-refractivity contribution in [1.82, 2.24) is 9.62 Å². The van der Waals surface area contributed by atoms with E-state index >= 15 is 0 Å². The molecular weight excluding hydrogens is 418 g/mol. The van der Waals surface area contributed by atoms with Crippen molar-refractivity contribution in [1.29, 1.82) is 0 Å². The first-order chi connectivity index (χ1) is 14.2. The van der Waals surface area contributed by atoms with Gasteiger partial charge in [0.2, 0.25) is 10.0 Å². The molecule has 166 valence electrons. The van der Waals surface area contributed by atoms with E-state index in [1.165, 1.54) is 11.0 Å². The topological polar surface area (TPSA) is 84.9 Å². The Labute approximate surface area is 174 Å². The second-order valence-corrected chi connectivity index (χ2v) is 10.1. The minimum atomic E-state index is -3.45. The predicted octanol–water partition coefficient (Wildman–Crippen LogP) is 1.92. The van der Waals surface area contributed by atoms with Crippen molar-refractivity contribution in [3.8, 4) is 5.75 Å². The van der Waals surface area contributed by atoms with Crippen LogP contribution >= 0.6 is 0 Å². The summed E-state index contributed by atoms with van der Waals surface area (Å²) in [6, 6.07) is 1.13. The Balaban J connectivity index is 1.63. The van der Waals surface area contributed by atoms with Gasteiger partial charge in [0.25, 0.3) is 5.91 Å². The second-order valence-electron chi connectivity index (χ2n) is 8.34. The quantitative estimate of drug-likeness (QED) is 0.754. The summed E-state index contributed by atoms with van der Waals surface area (Å²) < 4.78 is 66.1. The summed E-state index contributed by atoms with van der Waals surface area (Å²) in [6.07, 6.45) is 4.31. The molecule has 1 aliphatic carbocycles. The van der Waals surface area contributed by atoms with Crippen LogP contribution in [0.3, 0.4) is 0 Å². The minimum Gasteiger partial charge on any atom is -0.480 e. The lowest BCUT2D eigenvalue weighted by Crippen LogP contribution is -2.50. The predicted molar refractivity (Wildman–Crippen MR) is 105 cm³/mol. The first kappa shape index (κ1) is 21.5. The van der Waals surface area contributed by atoms with Gasteiger partial charge in [-0.25, -0.2) is 21.9 Å². The summed E-state index contributed by atoms with van der Waals surface area (Å²) in [4.78, 5) is 14.4. The lowest BCUT2D eigenvalue weighted by molar-refractivity contribution is -0.136. The summed E-state index contributed by atoms with van der Waals surface area (Å²) in [5.41, 5.74) is 0.451. The van der Waals surface area contributed by atoms with Crippen LogP contribution in [0.2, 0.25) is 0 Å². The highest BCUT2D eigenvalue weighted by molar-refractivity contribution is 7.88. The van der Waals surface area contributed by atoms with Crippen LogP contribution in [0.5, 0.6) is 5.75 Å². The molecule has 1 aromatic rings. The molecule has 30 heavy (non-hydrogen) atoms. The number of benzene rings is 1. The van der Waals surface area contributed by atoms with E-state index in [4.69, 9.17) is 9.47 Å². The standard InChI is InChI=1S/C20H26F2N2O5S/c1-30(26,27)23-17-6-7-24-18(17)10-28-14-4-2-12(3-5-14)15-8-13(21)9-16(22)20(15)29-11-19(24)25/h8-9,12,14,17-18,23H,2-7,10-11H2,1H3/t12?,14?,17-,18-/m0/s1. The van der Waals surface area contributed by atoms with Crippen LogP contribution in [-0.4, -0.2) is 63.4 Å². The van der Waals surface area contributed by atoms with Gasteiger partial charge in [0, 0.05) is 24.2 Å². The molecule has 4 aliphatic rings. The monoisotopic (exact) mass is 444 g/mol. The number of hydrogen-bond acceptors (Lipinski definition) is 5. The summed E-state index contributed by atoms with van der Waals surface area (Å²) in [5, 5.41) is 0. The van der Waals surface area contributed by atoms with Gasteiger partial charge >= 0.3 is 0 Å². The van der Waals surface area contributed by atoms with Gasteiger partial charge in [0.15, 0.2) is 18.2 Å². The summed E-state index contributed by atoms with van der Waals surface area (Å²) in [5.74, 6) is -2.02. The van der Waals surface area contributed by atoms with Gasteiger partial charge in [0.1, 0.15) is 5.82 Å². The van der Waals surface area contributed by atoms with E-state index in [0.29, 0.717) is 44.2 Å². The first-order valence-corrected chi connectivity index (χ1v) is 12.1. The molecule has 1 N–H and O–H groups in total. The van der Waals surface area contributed by atoms with E-state index in [0.717, 1.165) is 12.3 Å². The third kappa shape index (κ3) is 4.60. The number of nitrogens with one attached hydrogen (secondary N) is 1. The zero-order valence-corrected chi connectivity index (χ0v) is 17.6. The van der Waals surface area contributed by atoms with Gasteiger partial charge < -0.3 is 14.4 Å². The summed E-state index contributed by atoms with van der Waals surface area (Å²) in [7, 11) is -3.45. The smallest absolute Gasteiger partial charge is 0.260 e. The van der Waals surface area contributed by atoms with Gasteiger partial charge in [-0.15, -0.1) is 0 Å². The number of fused-ring (bicyclic) bond motifs is 5. The Morgan fingerprint density at radius 2 is 1.87 bits per heavy atom. The SMILES string of the molecule is CS(=O)(=O)N[C@H]1CCN2C(=O)COc3c(F)cc(F)cc3C3CCC(CC3)OC[C@@H]12. The van der Waals surface area contributed by atoms with E-state index in [-0.39, 0.29) is 30.3 Å². The number of hydrogen-bond donors (Lipinski definition) is 1. The van der Waals surface area contributed by atoms with Crippen molar-refractivity contribution in [3.63, 3.8) is 0 Å². The molecule has 0 spiro atoms. The summed E-state index contributed by atoms with van der Waals surface area (Å²) >= 11 is 0. The van der Waals surface area contributed by atoms with Gasteiger partial charge in [-0.3, -0.25) is 4.79 Å². The molecule has 2 bridgehead atoms. The van der Waals surface area contributed by atoms with Crippen molar-refractivity contribution >= 4 is 15.9 Å². The molecule has 1 saturated carbocycles. The van der Waals surface area contributed by atoms with Crippen molar-refractivity contribution in [3.05, 3.63) is 29.3 Å². The van der Waals surface area contributed by atoms with Gasteiger partial charge in [0.05, 0.1) is 25.0 Å². The molecule has 3 heterocycles. The summed E-state index contributed by atoms with van der Waals surface area (Å²) in [6.45, 7) is 0.146. The van der Waals surface area contributed by atoms with Crippen molar-refractivity contribution in [2.75, 3.05) is 26.0 Å². The van der Waals surface area contributed by atoms with Crippen LogP contribution in [0.15, 0.2) is 12.1 Å². The number of ether oxygens (including phenoxy) is 2. The number of nitrogens with zero attached hydrogens (tertiary/aromatic N) is 1. The maximum Gasteiger partial charge on any atom is 0.260 e. The molecule has 10 heteroatoms. The Morgan fingerprint density at radius 3 is 2.57 bits per heavy atom. The highest BCUT2D eigenvalue weighted by atomic mass is 32.2. The third-order valence-corrected chi connectivity index (χ3v) is 6.96. The maximum absolute atomic E-state index is 14.5. The van der Waals surface area contributed by atoms with E-state index in [1.54, 1.807) is 0 Å². The molecule has 1 aromatic carbocycles. The van der Waals surface area contributed by atoms with E-state index in [9.17, 15) is 22.0 Å². The number of amides is 1. The molecule has 0 aromatic heterocycles. The van der Waals surface area contributed by atoms with Crippen LogP contribution < -0.4 is 9.46 Å². The first-order valence-electron chi connectivity index (χ1n) is 10.2. The third-order valence-electron chi connectivity index (χ3n) is 6.23. The van der Waals surface area contributed by atoms with Crippen LogP contribution in [0.1, 0.15) is 43.6 Å². The fourth-order valence-electron chi connectivity index (χ4n) is 4.81. The molecular formula is C20H26F2N2O5S. The highest BCUT2D eigenvalue weighted by Gasteiger charge is 2.40. The Kier molecular flexibility index (Phi) is 6.00. The molecule has 2 fully saturated rings. The molecule has 1 amide bonds. The number of rotatable bonds is 2. The largest absolute Gasteiger partial charge is 0.480 e. The maximum atomic E-state index is 14.5. The second kappa shape index (κ2) is 8.39. The van der Waals surface area contributed by atoms with Gasteiger partial charge in [-0.1, -0.05) is 0 Å². The minimum absolute atomic E-state index is 0.0405. The molecule has 1 saturated heterocycles. The molecule has 2 atom stereocenters. The van der Waals surface area contributed by atoms with Crippen molar-refractivity contribution in [2.45, 2.75) is 56.2 Å². The Morgan fingerprint density at radius 1 is 1.13 bits per heavy atom. The van der Waals surface area contributed by atoms with E-state index in [2.05, 4.69) is 4.72 Å². The number of carbonyl (C=O) groups is 1. The van der Waals surface area contributed by atoms with Gasteiger partial charge in [-0.05, 0) is 44.1 Å². The van der Waals surface area contributed by atoms with E-state index in [1.807, 2.05) is 0 Å². The number of halogens is 2. The lowest BCUT2D eigenvalue weighted by Gasteiger charge is -2.32. The molecule has 5 rings (SSSR count). The molecule has 0 unspecified atom stereocenters. The van der Waals surface area contributed by atoms with Crippen LogP contribution in [0.25, 0.3) is 0 Å². The fraction of sp³-hybridized carbons (Fsp3) is 0.650. The van der Waals surface area contributed by atoms with Gasteiger partial charge in [-0.2, -0.15) is 0 Å². The Bertz CT molecular complexity index is 918. The van der Waals surface area contributed by atoms with Crippen LogP contribution in [-0.2, 0) is 19.6 Å². The fourth-order valence-corrected chi connectivity index (χ4v) is 5.63. The number of sulfonamides is 1. The average molecular weight is 445 g/mol. The normalized spacial score (nSPS) is 30.0. The highest BCUT2D eigenvalue weighted by Crippen LogP contribution is 2.40. The molecule has 0 radical (unpaired) electrons. The molecule has 3 aliphatic heterocycles. The van der Waals surface area contributed by atoms with Crippen molar-refractivity contribution in [2.24, 2.45) is 0 Å². The Hall–Kier alpha value is -1.78. The molecule has 7 nitrogen and oxygen atoms in total. The average Bonchev–Trinajstić information content (AvgIpc) is 3.06. The lowest BCUT2D eigenvalue weighted by atomic mass is 9.82. The number of carbonyl (C=O) groups excluding carboxylic acids is 1. The van der Waals surface area contributed by atoms with E-state index < -0.39 is 40.3 Å². The zero-order valence-electron chi connectivity index (χ0n) is 16.8. The van der Waals surface area contributed by atoms with Crippen LogP contribution in [0.4, 0.5) is 8.78 Å². The zero-order chi connectivity index (χ0) is 21.5. The van der Waals surface area contributed by atoms with Crippen LogP contribution in [0, 0.1) is 11.6 Å². The van der Waals surface area contributed by atoms with Crippen molar-refractivity contribution < 1.29 is 31.5 Å².